The van der Waals surface area contributed by atoms with Crippen LogP contribution >= 0.6 is 11.3 Å². The van der Waals surface area contributed by atoms with Gasteiger partial charge in [-0.3, -0.25) is 5.10 Å². The van der Waals surface area contributed by atoms with E-state index in [0.717, 1.165) is 25.2 Å². The third-order valence-electron chi connectivity index (χ3n) is 2.48. The average Bonchev–Trinajstić information content (AvgIpc) is 2.96. The molecule has 2 heterocycles. The van der Waals surface area contributed by atoms with Gasteiger partial charge in [0, 0.05) is 17.3 Å². The smallest absolute Gasteiger partial charge is 0.137 e. The molecular formula is C11H16N4S. The fourth-order valence-electron chi connectivity index (χ4n) is 1.56. The number of thiophene rings is 1. The van der Waals surface area contributed by atoms with Gasteiger partial charge in [-0.25, -0.2) is 4.98 Å². The van der Waals surface area contributed by atoms with Gasteiger partial charge in [-0.05, 0) is 31.3 Å². The Bertz CT molecular complexity index is 382. The Kier molecular flexibility index (Phi) is 4.07. The number of aryl methyl sites for hydroxylation is 1. The van der Waals surface area contributed by atoms with E-state index in [-0.39, 0.29) is 0 Å². The summed E-state index contributed by atoms with van der Waals surface area (Å²) in [6, 6.07) is 4.69. The second-order valence-corrected chi connectivity index (χ2v) is 4.71. The molecule has 0 aliphatic carbocycles. The maximum atomic E-state index is 4.09. The van der Waals surface area contributed by atoms with Gasteiger partial charge in [0.2, 0.25) is 0 Å². The lowest BCUT2D eigenvalue weighted by Crippen LogP contribution is -2.19. The minimum Gasteiger partial charge on any atom is -0.309 e. The first-order valence-electron chi connectivity index (χ1n) is 5.47. The van der Waals surface area contributed by atoms with E-state index < -0.39 is 0 Å². The average molecular weight is 236 g/mol. The molecule has 0 aliphatic heterocycles. The van der Waals surface area contributed by atoms with Gasteiger partial charge in [-0.15, -0.1) is 11.3 Å². The zero-order valence-electron chi connectivity index (χ0n) is 9.31. The second-order valence-electron chi connectivity index (χ2n) is 3.73. The van der Waals surface area contributed by atoms with Crippen molar-refractivity contribution in [3.05, 3.63) is 34.5 Å². The highest BCUT2D eigenvalue weighted by molar-refractivity contribution is 7.10. The van der Waals surface area contributed by atoms with Crippen molar-refractivity contribution in [2.75, 3.05) is 6.54 Å². The number of nitrogens with zero attached hydrogens (tertiary/aromatic N) is 2. The zero-order valence-corrected chi connectivity index (χ0v) is 10.1. The Labute approximate surface area is 99.1 Å². The summed E-state index contributed by atoms with van der Waals surface area (Å²) in [7, 11) is 0. The van der Waals surface area contributed by atoms with Crippen molar-refractivity contribution in [1.82, 2.24) is 20.5 Å². The van der Waals surface area contributed by atoms with E-state index in [0.29, 0.717) is 6.04 Å². The molecule has 0 fully saturated rings. The van der Waals surface area contributed by atoms with Crippen molar-refractivity contribution in [2.24, 2.45) is 0 Å². The molecule has 4 nitrogen and oxygen atoms in total. The third-order valence-corrected chi connectivity index (χ3v) is 3.53. The van der Waals surface area contributed by atoms with Crippen LogP contribution in [-0.4, -0.2) is 21.7 Å². The fourth-order valence-corrected chi connectivity index (χ4v) is 2.32. The molecule has 1 atom stereocenters. The molecule has 5 heteroatoms. The maximum Gasteiger partial charge on any atom is 0.137 e. The highest BCUT2D eigenvalue weighted by Gasteiger charge is 2.04. The summed E-state index contributed by atoms with van der Waals surface area (Å²) in [5.74, 6) is 0.963. The molecule has 0 amide bonds. The molecule has 0 aromatic carbocycles. The predicted molar refractivity (Wildman–Crippen MR) is 65.4 cm³/mol. The van der Waals surface area contributed by atoms with E-state index in [1.807, 2.05) is 0 Å². The third kappa shape index (κ3) is 3.15. The van der Waals surface area contributed by atoms with Gasteiger partial charge < -0.3 is 5.32 Å². The van der Waals surface area contributed by atoms with Crippen LogP contribution in [0.25, 0.3) is 0 Å². The monoisotopic (exact) mass is 236 g/mol. The summed E-state index contributed by atoms with van der Waals surface area (Å²) in [5, 5.41) is 12.3. The van der Waals surface area contributed by atoms with E-state index in [4.69, 9.17) is 0 Å². The SMILES string of the molecule is CC(NCCCc1ncn[nH]1)c1cccs1. The summed E-state index contributed by atoms with van der Waals surface area (Å²) in [6.45, 7) is 3.19. The van der Waals surface area contributed by atoms with Crippen LogP contribution in [0.1, 0.15) is 30.1 Å². The Balaban J connectivity index is 1.65. The number of hydrogen-bond acceptors (Lipinski definition) is 4. The topological polar surface area (TPSA) is 53.6 Å². The molecule has 0 saturated carbocycles. The molecule has 0 radical (unpaired) electrons. The van der Waals surface area contributed by atoms with Crippen LogP contribution in [-0.2, 0) is 6.42 Å². The van der Waals surface area contributed by atoms with Crippen LogP contribution in [0.15, 0.2) is 23.8 Å². The number of nitrogens with one attached hydrogen (secondary N) is 2. The maximum absolute atomic E-state index is 4.09. The Morgan fingerprint density at radius 1 is 1.56 bits per heavy atom. The van der Waals surface area contributed by atoms with Crippen molar-refractivity contribution in [1.29, 1.82) is 0 Å². The Morgan fingerprint density at radius 2 is 2.50 bits per heavy atom. The number of hydrogen-bond donors (Lipinski definition) is 2. The lowest BCUT2D eigenvalue weighted by molar-refractivity contribution is 0.561. The molecule has 86 valence electrons. The van der Waals surface area contributed by atoms with Crippen LogP contribution in [0, 0.1) is 0 Å². The van der Waals surface area contributed by atoms with E-state index >= 15 is 0 Å². The van der Waals surface area contributed by atoms with Crippen LogP contribution < -0.4 is 5.32 Å². The normalized spacial score (nSPS) is 12.8. The van der Waals surface area contributed by atoms with Crippen LogP contribution in [0.5, 0.6) is 0 Å². The van der Waals surface area contributed by atoms with E-state index in [9.17, 15) is 0 Å². The molecule has 1 unspecified atom stereocenters. The van der Waals surface area contributed by atoms with Gasteiger partial charge in [0.1, 0.15) is 12.2 Å². The molecule has 0 spiro atoms. The largest absolute Gasteiger partial charge is 0.309 e. The standard InChI is InChI=1S/C11H16N4S/c1-9(10-4-3-7-16-10)12-6-2-5-11-13-8-14-15-11/h3-4,7-9,12H,2,5-6H2,1H3,(H,13,14,15). The molecule has 2 N–H and O–H groups in total. The summed E-state index contributed by atoms with van der Waals surface area (Å²) < 4.78 is 0. The lowest BCUT2D eigenvalue weighted by Gasteiger charge is -2.11. The number of aromatic amines is 1. The quantitative estimate of drug-likeness (QED) is 0.756. The second kappa shape index (κ2) is 5.77. The highest BCUT2D eigenvalue weighted by atomic mass is 32.1. The van der Waals surface area contributed by atoms with Crippen molar-refractivity contribution in [2.45, 2.75) is 25.8 Å². The zero-order chi connectivity index (χ0) is 11.2. The van der Waals surface area contributed by atoms with Crippen molar-refractivity contribution < 1.29 is 0 Å². The van der Waals surface area contributed by atoms with Crippen molar-refractivity contribution in [3.63, 3.8) is 0 Å². The summed E-state index contributed by atoms with van der Waals surface area (Å²) in [5.41, 5.74) is 0. The Hall–Kier alpha value is -1.20. The number of H-pyrrole nitrogens is 1. The molecular weight excluding hydrogens is 220 g/mol. The molecule has 2 aromatic rings. The molecule has 0 saturated heterocycles. The van der Waals surface area contributed by atoms with E-state index in [1.165, 1.54) is 4.88 Å². The minimum absolute atomic E-state index is 0.440. The molecule has 16 heavy (non-hydrogen) atoms. The van der Waals surface area contributed by atoms with Gasteiger partial charge in [-0.1, -0.05) is 6.07 Å². The van der Waals surface area contributed by atoms with Crippen LogP contribution in [0.3, 0.4) is 0 Å². The first-order valence-corrected chi connectivity index (χ1v) is 6.35. The van der Waals surface area contributed by atoms with Gasteiger partial charge in [-0.2, -0.15) is 5.10 Å². The van der Waals surface area contributed by atoms with Gasteiger partial charge in [0.15, 0.2) is 0 Å². The van der Waals surface area contributed by atoms with Crippen LogP contribution in [0.4, 0.5) is 0 Å². The summed E-state index contributed by atoms with van der Waals surface area (Å²) in [6.07, 6.45) is 3.58. The minimum atomic E-state index is 0.440. The summed E-state index contributed by atoms with van der Waals surface area (Å²) in [4.78, 5) is 5.48. The Morgan fingerprint density at radius 3 is 3.19 bits per heavy atom. The van der Waals surface area contributed by atoms with Gasteiger partial charge in [0.05, 0.1) is 0 Å². The van der Waals surface area contributed by atoms with Gasteiger partial charge >= 0.3 is 0 Å². The number of aromatic nitrogens is 3. The molecule has 0 bridgehead atoms. The van der Waals surface area contributed by atoms with Crippen LogP contribution in [0.2, 0.25) is 0 Å². The predicted octanol–water partition coefficient (Wildman–Crippen LogP) is 2.15. The van der Waals surface area contributed by atoms with Crippen molar-refractivity contribution >= 4 is 11.3 Å². The first-order chi connectivity index (χ1) is 7.86. The number of rotatable bonds is 6. The molecule has 0 aliphatic rings. The first kappa shape index (κ1) is 11.3. The lowest BCUT2D eigenvalue weighted by atomic mass is 10.2. The van der Waals surface area contributed by atoms with Crippen molar-refractivity contribution in [3.8, 4) is 0 Å². The highest BCUT2D eigenvalue weighted by Crippen LogP contribution is 2.17. The van der Waals surface area contributed by atoms with E-state index in [2.05, 4.69) is 44.9 Å². The molecule has 2 rings (SSSR count). The van der Waals surface area contributed by atoms with E-state index in [1.54, 1.807) is 17.7 Å². The molecule has 2 aromatic heterocycles. The fraction of sp³-hybridized carbons (Fsp3) is 0.455. The summed E-state index contributed by atoms with van der Waals surface area (Å²) >= 11 is 1.80. The van der Waals surface area contributed by atoms with Gasteiger partial charge in [0.25, 0.3) is 0 Å².